The Bertz CT molecular complexity index is 319. The molecule has 5 nitrogen and oxygen atoms in total. The lowest BCUT2D eigenvalue weighted by Gasteiger charge is -2.03. The number of methoxy groups -OCH3 is 1. The van der Waals surface area contributed by atoms with Crippen LogP contribution in [0.1, 0.15) is 0 Å². The first-order valence-corrected chi connectivity index (χ1v) is 4.08. The fraction of sp³-hybridized carbons (Fsp3) is 0.143. The van der Waals surface area contributed by atoms with Crippen LogP contribution in [-0.4, -0.2) is 18.8 Å². The van der Waals surface area contributed by atoms with Gasteiger partial charge >= 0.3 is 5.97 Å². The van der Waals surface area contributed by atoms with Gasteiger partial charge in [-0.05, 0) is 0 Å². The van der Waals surface area contributed by atoms with Gasteiger partial charge in [-0.1, -0.05) is 29.8 Å². The van der Waals surface area contributed by atoms with E-state index in [1.165, 1.54) is 0 Å². The van der Waals surface area contributed by atoms with Crippen LogP contribution >= 0.6 is 23.2 Å². The fourth-order valence-corrected chi connectivity index (χ4v) is 0.743. The molecule has 7 heteroatoms. The number of halogens is 2. The number of aliphatic imine (C=N–C) groups is 1. The van der Waals surface area contributed by atoms with E-state index in [0.29, 0.717) is 0 Å². The highest BCUT2D eigenvalue weighted by Gasteiger charge is 2.18. The lowest BCUT2D eigenvalue weighted by Crippen LogP contribution is -2.22. The average molecular weight is 238 g/mol. The zero-order valence-electron chi connectivity index (χ0n) is 7.38. The number of hydrogen-bond donors (Lipinski definition) is 2. The van der Waals surface area contributed by atoms with Gasteiger partial charge in [-0.2, -0.15) is 0 Å². The second-order valence-corrected chi connectivity index (χ2v) is 2.91. The molecule has 0 fully saturated rings. The predicted octanol–water partition coefficient (Wildman–Crippen LogP) is 0.636. The highest BCUT2D eigenvalue weighted by Crippen LogP contribution is 2.11. The number of ether oxygens (including phenoxy) is 1. The van der Waals surface area contributed by atoms with E-state index in [0.717, 1.165) is 7.11 Å². The zero-order chi connectivity index (χ0) is 11.3. The van der Waals surface area contributed by atoms with Gasteiger partial charge in [0.15, 0.2) is 5.71 Å². The lowest BCUT2D eigenvalue weighted by atomic mass is 10.3. The Labute approximate surface area is 91.0 Å². The topological polar surface area (TPSA) is 90.7 Å². The number of hydrogen-bond acceptors (Lipinski definition) is 5. The van der Waals surface area contributed by atoms with Gasteiger partial charge in [0.05, 0.1) is 7.11 Å². The summed E-state index contributed by atoms with van der Waals surface area (Å²) >= 11 is 11.0. The molecule has 0 unspecified atom stereocenters. The number of carbonyl (C=O) groups excluding carboxylic acids is 1. The maximum Gasteiger partial charge on any atom is 0.358 e. The summed E-state index contributed by atoms with van der Waals surface area (Å²) in [6.07, 6.45) is 0. The van der Waals surface area contributed by atoms with Crippen LogP contribution in [0.15, 0.2) is 27.6 Å². The fourth-order valence-electron chi connectivity index (χ4n) is 0.539. The Balaban J connectivity index is 5.24. The third-order valence-corrected chi connectivity index (χ3v) is 1.55. The number of nitrogens with zero attached hydrogens (tertiary/aromatic N) is 1. The average Bonchev–Trinajstić information content (AvgIpc) is 2.11. The molecular weight excluding hydrogens is 229 g/mol. The van der Waals surface area contributed by atoms with E-state index in [1.807, 2.05) is 0 Å². The Morgan fingerprint density at radius 2 is 1.93 bits per heavy atom. The molecule has 0 aliphatic heterocycles. The highest BCUT2D eigenvalue weighted by atomic mass is 35.5. The van der Waals surface area contributed by atoms with Gasteiger partial charge < -0.3 is 16.2 Å². The maximum absolute atomic E-state index is 11.1. The minimum absolute atomic E-state index is 0.134. The Hall–Kier alpha value is -1.20. The third-order valence-electron chi connectivity index (χ3n) is 1.07. The van der Waals surface area contributed by atoms with Crippen molar-refractivity contribution in [1.29, 1.82) is 0 Å². The molecule has 4 N–H and O–H groups in total. The van der Waals surface area contributed by atoms with Crippen molar-refractivity contribution < 1.29 is 9.53 Å². The summed E-state index contributed by atoms with van der Waals surface area (Å²) in [5, 5.41) is -0.358. The summed E-state index contributed by atoms with van der Waals surface area (Å²) in [7, 11) is 1.16. The van der Waals surface area contributed by atoms with Crippen molar-refractivity contribution in [3.63, 3.8) is 0 Å². The molecule has 0 saturated heterocycles. The second-order valence-electron chi connectivity index (χ2n) is 2.10. The minimum Gasteiger partial charge on any atom is -0.464 e. The molecule has 0 aromatic carbocycles. The first-order chi connectivity index (χ1) is 6.40. The molecule has 0 amide bonds. The van der Waals surface area contributed by atoms with E-state index in [1.54, 1.807) is 0 Å². The van der Waals surface area contributed by atoms with Gasteiger partial charge in [-0.25, -0.2) is 9.79 Å². The molecule has 0 spiro atoms. The number of esters is 1. The lowest BCUT2D eigenvalue weighted by molar-refractivity contribution is -0.132. The molecule has 14 heavy (non-hydrogen) atoms. The molecule has 0 radical (unpaired) electrons. The summed E-state index contributed by atoms with van der Waals surface area (Å²) in [6, 6.07) is 0. The number of carbonyl (C=O) groups is 1. The smallest absolute Gasteiger partial charge is 0.358 e. The van der Waals surface area contributed by atoms with Crippen molar-refractivity contribution in [2.75, 3.05) is 7.11 Å². The summed E-state index contributed by atoms with van der Waals surface area (Å²) in [4.78, 5) is 14.6. The molecule has 0 rings (SSSR count). The maximum atomic E-state index is 11.1. The largest absolute Gasteiger partial charge is 0.464 e. The molecule has 0 heterocycles. The normalized spacial score (nSPS) is 10.6. The molecule has 0 saturated carbocycles. The van der Waals surface area contributed by atoms with Crippen molar-refractivity contribution in [3.8, 4) is 0 Å². The van der Waals surface area contributed by atoms with Crippen molar-refractivity contribution in [2.45, 2.75) is 0 Å². The first kappa shape index (κ1) is 12.8. The first-order valence-electron chi connectivity index (χ1n) is 3.32. The molecule has 78 valence electrons. The number of nitrogens with two attached hydrogens (primary N) is 2. The minimum atomic E-state index is -0.801. The molecule has 0 bridgehead atoms. The van der Waals surface area contributed by atoms with Crippen LogP contribution in [0.4, 0.5) is 0 Å². The monoisotopic (exact) mass is 237 g/mol. The van der Waals surface area contributed by atoms with Crippen molar-refractivity contribution in [1.82, 2.24) is 0 Å². The van der Waals surface area contributed by atoms with Crippen molar-refractivity contribution in [2.24, 2.45) is 16.5 Å². The summed E-state index contributed by atoms with van der Waals surface area (Å²) < 4.78 is 4.39. The van der Waals surface area contributed by atoms with Gasteiger partial charge in [0, 0.05) is 0 Å². The van der Waals surface area contributed by atoms with E-state index in [-0.39, 0.29) is 21.7 Å². The SMILES string of the molecule is C=C(Cl)/N=C(/C(=O)OC)C(Cl)=C(N)N. The van der Waals surface area contributed by atoms with Gasteiger partial charge in [-0.3, -0.25) is 0 Å². The van der Waals surface area contributed by atoms with Crippen LogP contribution in [0.5, 0.6) is 0 Å². The second kappa shape index (κ2) is 5.51. The Morgan fingerprint density at radius 3 is 2.21 bits per heavy atom. The quantitative estimate of drug-likeness (QED) is 0.428. The summed E-state index contributed by atoms with van der Waals surface area (Å²) in [6.45, 7) is 3.26. The van der Waals surface area contributed by atoms with Gasteiger partial charge in [0.1, 0.15) is 16.0 Å². The molecule has 0 aliphatic carbocycles. The highest BCUT2D eigenvalue weighted by molar-refractivity contribution is 6.58. The van der Waals surface area contributed by atoms with Crippen LogP contribution in [-0.2, 0) is 9.53 Å². The van der Waals surface area contributed by atoms with Crippen molar-refractivity contribution >= 4 is 34.9 Å². The van der Waals surface area contributed by atoms with Gasteiger partial charge in [-0.15, -0.1) is 0 Å². The third kappa shape index (κ3) is 3.68. The predicted molar refractivity (Wildman–Crippen MR) is 55.7 cm³/mol. The molecule has 0 aliphatic rings. The van der Waals surface area contributed by atoms with E-state index < -0.39 is 5.97 Å². The molecule has 0 aromatic heterocycles. The van der Waals surface area contributed by atoms with Gasteiger partial charge in [0.25, 0.3) is 0 Å². The van der Waals surface area contributed by atoms with Crippen LogP contribution in [0.3, 0.4) is 0 Å². The van der Waals surface area contributed by atoms with Crippen LogP contribution < -0.4 is 11.5 Å². The van der Waals surface area contributed by atoms with Gasteiger partial charge in [0.2, 0.25) is 0 Å². The van der Waals surface area contributed by atoms with Crippen LogP contribution in [0.25, 0.3) is 0 Å². The number of rotatable bonds is 3. The standard InChI is InChI=1S/C7H9Cl2N3O2/c1-3(8)12-5(7(13)14-2)4(9)6(10)11/h1,10-11H2,2H3/b12-5+. The van der Waals surface area contributed by atoms with E-state index in [2.05, 4.69) is 16.3 Å². The Kier molecular flexibility index (Phi) is 5.04. The summed E-state index contributed by atoms with van der Waals surface area (Å²) in [5.41, 5.74) is 10.1. The van der Waals surface area contributed by atoms with Crippen molar-refractivity contribution in [3.05, 3.63) is 22.6 Å². The zero-order valence-corrected chi connectivity index (χ0v) is 8.89. The Morgan fingerprint density at radius 1 is 1.43 bits per heavy atom. The van der Waals surface area contributed by atoms with E-state index in [9.17, 15) is 4.79 Å². The van der Waals surface area contributed by atoms with E-state index in [4.69, 9.17) is 34.7 Å². The molecule has 0 aromatic rings. The van der Waals surface area contributed by atoms with Crippen LogP contribution in [0.2, 0.25) is 0 Å². The summed E-state index contributed by atoms with van der Waals surface area (Å²) in [5.74, 6) is -1.06. The van der Waals surface area contributed by atoms with Crippen LogP contribution in [0, 0.1) is 0 Å². The molecular formula is C7H9Cl2N3O2. The molecule has 0 atom stereocenters. The van der Waals surface area contributed by atoms with E-state index >= 15 is 0 Å².